The maximum absolute atomic E-state index is 10.7. The number of carbonyl (C=O) groups is 2. The Kier molecular flexibility index (Phi) is 62.5. The molecule has 0 atom stereocenters. The summed E-state index contributed by atoms with van der Waals surface area (Å²) in [5.74, 6) is -3.13. The number of nitrogens with one attached hydrogen (secondary N) is 1. The minimum atomic E-state index is -1.57. The molecule has 1 aromatic heterocycles. The molecule has 0 spiro atoms. The SMILES string of the molecule is O.O.O.O.O.O=C([O-])c1cc2nc[nH]c2cc1C(=O)[O-].[Cu+2].[OH3+].[OH3+].[OH3+].[OH3+].[OH3+]. The van der Waals surface area contributed by atoms with Crippen molar-refractivity contribution in [2.45, 2.75) is 0 Å². The standard InChI is InChI=1S/C9H6N2O4.Cu.10H2O/c12-8(13)4-1-6-7(11-3-10-6)2-5(4)9(14)15;;;;;;;;;;;/h1-3H,(H,10,11)(H,12,13)(H,14,15);;10*1H2/q;+2;;;;;;;;;;/p+3. The van der Waals surface area contributed by atoms with Gasteiger partial charge in [-0.05, 0) is 12.1 Å². The summed E-state index contributed by atoms with van der Waals surface area (Å²) in [7, 11) is 0. The molecule has 0 saturated heterocycles. The van der Waals surface area contributed by atoms with Gasteiger partial charge >= 0.3 is 17.1 Å². The fourth-order valence-corrected chi connectivity index (χ4v) is 1.32. The Morgan fingerprint density at radius 2 is 1.12 bits per heavy atom. The summed E-state index contributed by atoms with van der Waals surface area (Å²) < 4.78 is 0. The number of hydrogen-bond acceptors (Lipinski definition) is 5. The zero-order valence-corrected chi connectivity index (χ0v) is 13.9. The smallest absolute Gasteiger partial charge is 0.545 e. The third kappa shape index (κ3) is 12.2. The second-order valence-corrected chi connectivity index (χ2v) is 2.89. The maximum atomic E-state index is 10.7. The second-order valence-electron chi connectivity index (χ2n) is 2.89. The van der Waals surface area contributed by atoms with E-state index >= 15 is 0 Å². The molecule has 0 fully saturated rings. The third-order valence-corrected chi connectivity index (χ3v) is 2.00. The van der Waals surface area contributed by atoms with Crippen LogP contribution in [0.1, 0.15) is 20.7 Å². The summed E-state index contributed by atoms with van der Waals surface area (Å²) in [6.07, 6.45) is 1.34. The van der Waals surface area contributed by atoms with Gasteiger partial charge in [0.25, 0.3) is 0 Å². The molecule has 26 heavy (non-hydrogen) atoms. The van der Waals surface area contributed by atoms with Crippen molar-refractivity contribution in [3.63, 3.8) is 0 Å². The van der Waals surface area contributed by atoms with Crippen LogP contribution in [0.15, 0.2) is 18.5 Å². The number of carbonyl (C=O) groups excluding carboxylic acids is 2. The third-order valence-electron chi connectivity index (χ3n) is 2.00. The van der Waals surface area contributed by atoms with E-state index in [4.69, 9.17) is 0 Å². The number of aromatic carboxylic acids is 2. The largest absolute Gasteiger partial charge is 2.00 e. The Hall–Kier alpha value is -2.25. The van der Waals surface area contributed by atoms with Gasteiger partial charge < -0.3 is 79.5 Å². The second kappa shape index (κ2) is 25.0. The minimum Gasteiger partial charge on any atom is -0.545 e. The van der Waals surface area contributed by atoms with E-state index in [0.29, 0.717) is 11.0 Å². The van der Waals surface area contributed by atoms with Gasteiger partial charge in [-0.15, -0.1) is 0 Å². The van der Waals surface area contributed by atoms with Gasteiger partial charge in [0, 0.05) is 11.1 Å². The predicted octanol–water partition coefficient (Wildman–Crippen LogP) is -10.4. The number of benzene rings is 1. The van der Waals surface area contributed by atoms with Gasteiger partial charge in [0.05, 0.1) is 29.3 Å². The van der Waals surface area contributed by atoms with E-state index in [9.17, 15) is 19.8 Å². The van der Waals surface area contributed by atoms with Crippen LogP contribution in [0.5, 0.6) is 0 Å². The zero-order valence-electron chi connectivity index (χ0n) is 13.0. The normalized spacial score (nSPS) is 6.00. The van der Waals surface area contributed by atoms with Crippen LogP contribution < -0.4 is 10.2 Å². The topological polar surface area (TPSA) is 431 Å². The van der Waals surface area contributed by atoms with Gasteiger partial charge in [-0.2, -0.15) is 0 Å². The first-order valence-corrected chi connectivity index (χ1v) is 3.99. The van der Waals surface area contributed by atoms with Crippen LogP contribution >= 0.6 is 0 Å². The number of nitrogens with zero attached hydrogens (tertiary/aromatic N) is 1. The molecule has 0 saturated carbocycles. The van der Waals surface area contributed by atoms with Crippen molar-refractivity contribution in [3.05, 3.63) is 29.6 Å². The molecule has 2 aromatic rings. The molecule has 2 rings (SSSR count). The Labute approximate surface area is 155 Å². The van der Waals surface area contributed by atoms with Gasteiger partial charge in [-0.3, -0.25) is 0 Å². The van der Waals surface area contributed by atoms with Crippen molar-refractivity contribution in [1.82, 2.24) is 9.97 Å². The molecule has 0 aliphatic heterocycles. The maximum Gasteiger partial charge on any atom is 2.00 e. The van der Waals surface area contributed by atoms with E-state index in [1.54, 1.807) is 0 Å². The van der Waals surface area contributed by atoms with Crippen LogP contribution in [0.2, 0.25) is 0 Å². The average Bonchev–Trinajstić information content (AvgIpc) is 2.61. The number of aromatic amines is 1. The van der Waals surface area contributed by atoms with Crippen molar-refractivity contribution in [2.75, 3.05) is 0 Å². The Morgan fingerprint density at radius 1 is 0.769 bits per heavy atom. The van der Waals surface area contributed by atoms with Crippen LogP contribution in [0.3, 0.4) is 0 Å². The Bertz CT molecular complexity index is 529. The van der Waals surface area contributed by atoms with E-state index in [2.05, 4.69) is 9.97 Å². The molecule has 0 amide bonds. The van der Waals surface area contributed by atoms with Gasteiger partial charge in [0.15, 0.2) is 0 Å². The molecule has 0 aliphatic rings. The van der Waals surface area contributed by atoms with Crippen LogP contribution in [-0.4, -0.2) is 49.3 Å². The first-order valence-electron chi connectivity index (χ1n) is 3.99. The quantitative estimate of drug-likeness (QED) is 0.341. The Morgan fingerprint density at radius 3 is 1.46 bits per heavy atom. The predicted molar refractivity (Wildman–Crippen MR) is 87.2 cm³/mol. The van der Waals surface area contributed by atoms with E-state index in [1.165, 1.54) is 6.33 Å². The summed E-state index contributed by atoms with van der Waals surface area (Å²) in [5, 5.41) is 21.3. The number of aromatic nitrogens is 2. The molecule has 16 nitrogen and oxygen atoms in total. The number of H-pyrrole nitrogens is 1. The number of imidazole rings is 1. The van der Waals surface area contributed by atoms with Crippen molar-refractivity contribution in [2.24, 2.45) is 0 Å². The van der Waals surface area contributed by atoms with Crippen molar-refractivity contribution >= 4 is 23.0 Å². The van der Waals surface area contributed by atoms with E-state index in [1.807, 2.05) is 0 Å². The fraction of sp³-hybridized carbons (Fsp3) is 0. The van der Waals surface area contributed by atoms with E-state index in [0.717, 1.165) is 12.1 Å². The van der Waals surface area contributed by atoms with Crippen LogP contribution in [0, 0.1) is 0 Å². The van der Waals surface area contributed by atoms with E-state index in [-0.39, 0.29) is 71.8 Å². The minimum absolute atomic E-state index is 0. The number of carboxylic acid groups (broad SMARTS) is 2. The molecule has 0 unspecified atom stereocenters. The zero-order chi connectivity index (χ0) is 11.0. The van der Waals surface area contributed by atoms with Crippen molar-refractivity contribution in [1.29, 1.82) is 0 Å². The van der Waals surface area contributed by atoms with Gasteiger partial charge in [-0.1, -0.05) is 0 Å². The van der Waals surface area contributed by atoms with Gasteiger partial charge in [0.2, 0.25) is 0 Å². The molecule has 0 aliphatic carbocycles. The summed E-state index contributed by atoms with van der Waals surface area (Å²) in [4.78, 5) is 27.8. The van der Waals surface area contributed by atoms with Crippen molar-refractivity contribution in [3.8, 4) is 0 Å². The molecular formula is C9H29CuN2O14+5. The first-order chi connectivity index (χ1) is 7.09. The van der Waals surface area contributed by atoms with E-state index < -0.39 is 23.1 Å². The number of fused-ring (bicyclic) bond motifs is 1. The molecule has 17 heteroatoms. The molecule has 26 N–H and O–H groups in total. The summed E-state index contributed by atoms with van der Waals surface area (Å²) >= 11 is 0. The Balaban J connectivity index is -0.0000000291. The van der Waals surface area contributed by atoms with Gasteiger partial charge in [0.1, 0.15) is 0 Å². The molecule has 1 radical (unpaired) electrons. The monoisotopic (exact) mass is 452 g/mol. The number of hydrogen-bond donors (Lipinski definition) is 1. The number of carboxylic acids is 2. The molecule has 165 valence electrons. The summed E-state index contributed by atoms with van der Waals surface area (Å²) in [5.41, 5.74) is -0.0697. The molecular weight excluding hydrogens is 424 g/mol. The fourth-order valence-electron chi connectivity index (χ4n) is 1.32. The van der Waals surface area contributed by atoms with Crippen molar-refractivity contribution < 1.29 is 91.6 Å². The number of rotatable bonds is 2. The first kappa shape index (κ1) is 65.0. The summed E-state index contributed by atoms with van der Waals surface area (Å²) in [6.45, 7) is 0. The summed E-state index contributed by atoms with van der Waals surface area (Å²) in [6, 6.07) is 2.29. The molecule has 0 bridgehead atoms. The van der Waals surface area contributed by atoms with Crippen LogP contribution in [-0.2, 0) is 44.4 Å². The molecule has 1 aromatic carbocycles. The molecule has 1 heterocycles. The van der Waals surface area contributed by atoms with Gasteiger partial charge in [-0.25, -0.2) is 4.98 Å². The van der Waals surface area contributed by atoms with Crippen LogP contribution in [0.25, 0.3) is 11.0 Å². The van der Waals surface area contributed by atoms with Crippen LogP contribution in [0.4, 0.5) is 0 Å². The average molecular weight is 453 g/mol.